The zero-order valence-electron chi connectivity index (χ0n) is 9.28. The van der Waals surface area contributed by atoms with Gasteiger partial charge in [-0.2, -0.15) is 0 Å². The van der Waals surface area contributed by atoms with Crippen molar-refractivity contribution in [3.05, 3.63) is 0 Å². The minimum absolute atomic E-state index is 0.317. The molecule has 0 aliphatic carbocycles. The Hall–Kier alpha value is -0.650. The average Bonchev–Trinajstić information content (AvgIpc) is 2.46. The number of nitrogens with zero attached hydrogens (tertiary/aromatic N) is 1. The molecule has 2 N–H and O–H groups in total. The summed E-state index contributed by atoms with van der Waals surface area (Å²) in [6, 6.07) is -0.539. The summed E-state index contributed by atoms with van der Waals surface area (Å²) in [4.78, 5) is 13.4. The first-order valence-corrected chi connectivity index (χ1v) is 5.46. The summed E-state index contributed by atoms with van der Waals surface area (Å²) in [6.07, 6.45) is 0.996. The van der Waals surface area contributed by atoms with Crippen molar-refractivity contribution in [3.63, 3.8) is 0 Å². The first kappa shape index (κ1) is 12.4. The maximum absolute atomic E-state index is 11.3. The van der Waals surface area contributed by atoms with Crippen LogP contribution in [0.25, 0.3) is 0 Å². The Morgan fingerprint density at radius 2 is 2.33 bits per heavy atom. The topological polar surface area (TPSA) is 64.8 Å². The molecule has 0 amide bonds. The van der Waals surface area contributed by atoms with Gasteiger partial charge in [0.2, 0.25) is 0 Å². The van der Waals surface area contributed by atoms with Gasteiger partial charge in [-0.1, -0.05) is 0 Å². The van der Waals surface area contributed by atoms with Crippen LogP contribution in [0, 0.1) is 0 Å². The third-order valence-corrected chi connectivity index (χ3v) is 2.36. The third-order valence-electron chi connectivity index (χ3n) is 2.36. The van der Waals surface area contributed by atoms with E-state index in [9.17, 15) is 4.79 Å². The van der Waals surface area contributed by atoms with Gasteiger partial charge in [0.15, 0.2) is 0 Å². The van der Waals surface area contributed by atoms with Crippen LogP contribution in [0.2, 0.25) is 0 Å². The molecule has 5 heteroatoms. The molecule has 0 aromatic rings. The summed E-state index contributed by atoms with van der Waals surface area (Å²) in [5, 5.41) is 0. The molecule has 1 saturated heterocycles. The van der Waals surface area contributed by atoms with E-state index >= 15 is 0 Å². The van der Waals surface area contributed by atoms with E-state index in [-0.39, 0.29) is 5.97 Å². The molecule has 1 aliphatic rings. The van der Waals surface area contributed by atoms with Crippen molar-refractivity contribution < 1.29 is 14.3 Å². The molecule has 1 aliphatic heterocycles. The second kappa shape index (κ2) is 6.76. The molecule has 0 bridgehead atoms. The summed E-state index contributed by atoms with van der Waals surface area (Å²) >= 11 is 0. The first-order valence-electron chi connectivity index (χ1n) is 5.46. The summed E-state index contributed by atoms with van der Waals surface area (Å²) in [5.41, 5.74) is 5.73. The fourth-order valence-electron chi connectivity index (χ4n) is 1.58. The van der Waals surface area contributed by atoms with E-state index in [0.29, 0.717) is 13.2 Å². The van der Waals surface area contributed by atoms with Crippen LogP contribution in [0.3, 0.4) is 0 Å². The van der Waals surface area contributed by atoms with Gasteiger partial charge in [0.25, 0.3) is 0 Å². The molecule has 0 saturated carbocycles. The van der Waals surface area contributed by atoms with Crippen molar-refractivity contribution in [1.29, 1.82) is 0 Å². The number of esters is 1. The lowest BCUT2D eigenvalue weighted by Gasteiger charge is -2.21. The van der Waals surface area contributed by atoms with Gasteiger partial charge in [-0.05, 0) is 13.3 Å². The molecule has 1 heterocycles. The van der Waals surface area contributed by atoms with E-state index in [2.05, 4.69) is 4.90 Å². The molecule has 0 radical (unpaired) electrons. The van der Waals surface area contributed by atoms with E-state index in [1.807, 2.05) is 0 Å². The molecule has 0 spiro atoms. The zero-order valence-corrected chi connectivity index (χ0v) is 9.28. The third kappa shape index (κ3) is 4.59. The highest BCUT2D eigenvalue weighted by molar-refractivity contribution is 5.75. The van der Waals surface area contributed by atoms with Crippen molar-refractivity contribution in [2.24, 2.45) is 5.73 Å². The molecule has 15 heavy (non-hydrogen) atoms. The normalized spacial score (nSPS) is 20.7. The summed E-state index contributed by atoms with van der Waals surface area (Å²) in [5.74, 6) is -0.317. The summed E-state index contributed by atoms with van der Waals surface area (Å²) < 4.78 is 10.2. The number of nitrogens with two attached hydrogens (primary N) is 1. The number of hydrogen-bond acceptors (Lipinski definition) is 5. The number of ether oxygens (including phenoxy) is 2. The molecular formula is C10H20N2O3. The van der Waals surface area contributed by atoms with Crippen molar-refractivity contribution in [3.8, 4) is 0 Å². The summed E-state index contributed by atoms with van der Waals surface area (Å²) in [7, 11) is 0. The Kier molecular flexibility index (Phi) is 5.60. The largest absolute Gasteiger partial charge is 0.465 e. The summed E-state index contributed by atoms with van der Waals surface area (Å²) in [6.45, 7) is 6.02. The van der Waals surface area contributed by atoms with Crippen LogP contribution in [-0.4, -0.2) is 56.4 Å². The molecule has 0 aromatic heterocycles. The van der Waals surface area contributed by atoms with E-state index in [1.165, 1.54) is 0 Å². The second-order valence-electron chi connectivity index (χ2n) is 3.63. The lowest BCUT2D eigenvalue weighted by molar-refractivity contribution is -0.145. The molecule has 1 rings (SSSR count). The molecular weight excluding hydrogens is 196 g/mol. The standard InChI is InChI=1S/C10H20N2O3/c1-2-15-10(13)9(11)8-12-4-3-6-14-7-5-12/h9H,2-8,11H2,1H3. The van der Waals surface area contributed by atoms with Crippen molar-refractivity contribution in [1.82, 2.24) is 4.90 Å². The number of rotatable bonds is 4. The molecule has 5 nitrogen and oxygen atoms in total. The Morgan fingerprint density at radius 1 is 1.53 bits per heavy atom. The van der Waals surface area contributed by atoms with Crippen LogP contribution in [0.5, 0.6) is 0 Å². The highest BCUT2D eigenvalue weighted by Gasteiger charge is 2.19. The second-order valence-corrected chi connectivity index (χ2v) is 3.63. The predicted molar refractivity (Wildman–Crippen MR) is 56.5 cm³/mol. The minimum Gasteiger partial charge on any atom is -0.465 e. The van der Waals surface area contributed by atoms with Gasteiger partial charge in [-0.25, -0.2) is 0 Å². The first-order chi connectivity index (χ1) is 7.24. The Bertz CT molecular complexity index is 191. The van der Waals surface area contributed by atoms with Gasteiger partial charge in [-0.15, -0.1) is 0 Å². The van der Waals surface area contributed by atoms with Crippen LogP contribution in [0.1, 0.15) is 13.3 Å². The average molecular weight is 216 g/mol. The van der Waals surface area contributed by atoms with Gasteiger partial charge >= 0.3 is 5.97 Å². The lowest BCUT2D eigenvalue weighted by atomic mass is 10.2. The lowest BCUT2D eigenvalue weighted by Crippen LogP contribution is -2.44. The maximum Gasteiger partial charge on any atom is 0.324 e. The highest BCUT2D eigenvalue weighted by atomic mass is 16.5. The van der Waals surface area contributed by atoms with Gasteiger partial charge in [0.05, 0.1) is 13.2 Å². The van der Waals surface area contributed by atoms with E-state index in [0.717, 1.165) is 32.7 Å². The van der Waals surface area contributed by atoms with Crippen LogP contribution in [0.15, 0.2) is 0 Å². The number of carbonyl (C=O) groups excluding carboxylic acids is 1. The number of hydrogen-bond donors (Lipinski definition) is 1. The Labute approximate surface area is 90.5 Å². The fourth-order valence-corrected chi connectivity index (χ4v) is 1.58. The van der Waals surface area contributed by atoms with Gasteiger partial charge < -0.3 is 15.2 Å². The van der Waals surface area contributed by atoms with Crippen LogP contribution in [0.4, 0.5) is 0 Å². The Morgan fingerprint density at radius 3 is 3.07 bits per heavy atom. The molecule has 1 unspecified atom stereocenters. The zero-order chi connectivity index (χ0) is 11.1. The van der Waals surface area contributed by atoms with E-state index < -0.39 is 6.04 Å². The van der Waals surface area contributed by atoms with Crippen molar-refractivity contribution in [2.75, 3.05) is 39.5 Å². The molecule has 88 valence electrons. The van der Waals surface area contributed by atoms with Crippen molar-refractivity contribution >= 4 is 5.97 Å². The van der Waals surface area contributed by atoms with Crippen LogP contribution >= 0.6 is 0 Å². The van der Waals surface area contributed by atoms with Crippen molar-refractivity contribution in [2.45, 2.75) is 19.4 Å². The van der Waals surface area contributed by atoms with Crippen LogP contribution in [-0.2, 0) is 14.3 Å². The maximum atomic E-state index is 11.3. The molecule has 0 aromatic carbocycles. The van der Waals surface area contributed by atoms with Gasteiger partial charge in [-0.3, -0.25) is 9.69 Å². The molecule has 1 atom stereocenters. The highest BCUT2D eigenvalue weighted by Crippen LogP contribution is 2.00. The monoisotopic (exact) mass is 216 g/mol. The number of carbonyl (C=O) groups is 1. The predicted octanol–water partition coefficient (Wildman–Crippen LogP) is -0.401. The quantitative estimate of drug-likeness (QED) is 0.648. The SMILES string of the molecule is CCOC(=O)C(N)CN1CCCOCC1. The van der Waals surface area contributed by atoms with E-state index in [4.69, 9.17) is 15.2 Å². The Balaban J connectivity index is 2.28. The van der Waals surface area contributed by atoms with E-state index in [1.54, 1.807) is 6.92 Å². The smallest absolute Gasteiger partial charge is 0.324 e. The van der Waals surface area contributed by atoms with Crippen LogP contribution < -0.4 is 5.73 Å². The fraction of sp³-hybridized carbons (Fsp3) is 0.900. The van der Waals surface area contributed by atoms with Gasteiger partial charge in [0.1, 0.15) is 6.04 Å². The molecule has 1 fully saturated rings. The minimum atomic E-state index is -0.539. The van der Waals surface area contributed by atoms with Gasteiger partial charge in [0, 0.05) is 26.2 Å².